The fourth-order valence-electron chi connectivity index (χ4n) is 2.13. The van der Waals surface area contributed by atoms with E-state index in [1.165, 1.54) is 37.0 Å². The van der Waals surface area contributed by atoms with E-state index < -0.39 is 16.8 Å². The molecule has 2 aromatic rings. The van der Waals surface area contributed by atoms with Crippen LogP contribution in [-0.2, 0) is 20.3 Å². The van der Waals surface area contributed by atoms with Crippen molar-refractivity contribution in [3.05, 3.63) is 18.3 Å². The molecule has 0 radical (unpaired) electrons. The van der Waals surface area contributed by atoms with Crippen LogP contribution in [0.25, 0.3) is 10.3 Å². The Morgan fingerprint density at radius 3 is 2.83 bits per heavy atom. The van der Waals surface area contributed by atoms with Crippen molar-refractivity contribution in [2.75, 3.05) is 12.4 Å². The summed E-state index contributed by atoms with van der Waals surface area (Å²) in [4.78, 5) is 20.9. The molecule has 2 heterocycles. The van der Waals surface area contributed by atoms with Crippen LogP contribution in [0.2, 0.25) is 0 Å². The zero-order valence-electron chi connectivity index (χ0n) is 13.3. The van der Waals surface area contributed by atoms with E-state index in [-0.39, 0.29) is 5.75 Å². The van der Waals surface area contributed by atoms with Crippen molar-refractivity contribution in [2.45, 2.75) is 49.8 Å². The zero-order valence-corrected chi connectivity index (χ0v) is 15.0. The van der Waals surface area contributed by atoms with Crippen molar-refractivity contribution in [1.29, 1.82) is 0 Å². The van der Waals surface area contributed by atoms with E-state index in [4.69, 9.17) is 4.74 Å². The van der Waals surface area contributed by atoms with Crippen LogP contribution in [0.15, 0.2) is 22.7 Å². The molecule has 7 heteroatoms. The minimum atomic E-state index is -1.46. The van der Waals surface area contributed by atoms with Crippen LogP contribution in [0.4, 0.5) is 0 Å². The highest BCUT2D eigenvalue weighted by molar-refractivity contribution is 7.88. The molecule has 0 saturated heterocycles. The van der Waals surface area contributed by atoms with Crippen molar-refractivity contribution in [1.82, 2.24) is 9.97 Å². The van der Waals surface area contributed by atoms with E-state index in [1.807, 2.05) is 6.07 Å². The van der Waals surface area contributed by atoms with Crippen LogP contribution in [0.3, 0.4) is 0 Å². The van der Waals surface area contributed by atoms with E-state index in [0.717, 1.165) is 17.7 Å². The maximum absolute atomic E-state index is 12.2. The van der Waals surface area contributed by atoms with E-state index in [2.05, 4.69) is 16.9 Å². The van der Waals surface area contributed by atoms with Gasteiger partial charge in [0.15, 0.2) is 4.34 Å². The highest BCUT2D eigenvalue weighted by Gasteiger charge is 2.16. The number of nitrogens with zero attached hydrogens (tertiary/aromatic N) is 2. The number of hydrogen-bond donors (Lipinski definition) is 0. The Balaban J connectivity index is 1.69. The molecule has 2 aromatic heterocycles. The summed E-state index contributed by atoms with van der Waals surface area (Å²) in [6.45, 7) is 2.59. The van der Waals surface area contributed by atoms with Crippen molar-refractivity contribution in [3.8, 4) is 0 Å². The fraction of sp³-hybridized carbons (Fsp3) is 0.562. The summed E-state index contributed by atoms with van der Waals surface area (Å²) in [6.07, 6.45) is 8.50. The molecule has 126 valence electrons. The van der Waals surface area contributed by atoms with Crippen molar-refractivity contribution >= 4 is 38.5 Å². The Labute approximate surface area is 142 Å². The molecular weight excluding hydrogens is 332 g/mol. The third kappa shape index (κ3) is 5.99. The van der Waals surface area contributed by atoms with Gasteiger partial charge in [-0.25, -0.2) is 9.97 Å². The first kappa shape index (κ1) is 18.0. The topological polar surface area (TPSA) is 69.2 Å². The highest BCUT2D eigenvalue weighted by atomic mass is 32.2. The summed E-state index contributed by atoms with van der Waals surface area (Å²) in [5.74, 6) is -0.570. The molecule has 0 aromatic carbocycles. The molecule has 0 amide bonds. The number of aromatic nitrogens is 2. The molecule has 0 spiro atoms. The summed E-state index contributed by atoms with van der Waals surface area (Å²) in [6, 6.07) is 3.60. The molecule has 0 N–H and O–H groups in total. The second kappa shape index (κ2) is 9.72. The van der Waals surface area contributed by atoms with Crippen LogP contribution in [0.5, 0.6) is 0 Å². The van der Waals surface area contributed by atoms with E-state index >= 15 is 0 Å². The molecule has 0 aliphatic carbocycles. The number of thiazole rings is 1. The number of fused-ring (bicyclic) bond motifs is 1. The predicted octanol–water partition coefficient (Wildman–Crippen LogP) is 3.70. The molecule has 23 heavy (non-hydrogen) atoms. The van der Waals surface area contributed by atoms with E-state index in [1.54, 1.807) is 12.3 Å². The average molecular weight is 354 g/mol. The Bertz CT molecular complexity index is 625. The minimum Gasteiger partial charge on any atom is -0.465 e. The molecule has 1 unspecified atom stereocenters. The normalized spacial score (nSPS) is 12.4. The van der Waals surface area contributed by atoms with Gasteiger partial charge in [-0.3, -0.25) is 9.00 Å². The van der Waals surface area contributed by atoms with Gasteiger partial charge in [0.2, 0.25) is 0 Å². The van der Waals surface area contributed by atoms with Crippen LogP contribution in [0.1, 0.15) is 45.4 Å². The number of hydrogen-bond acceptors (Lipinski definition) is 6. The van der Waals surface area contributed by atoms with Crippen molar-refractivity contribution in [3.63, 3.8) is 0 Å². The molecule has 0 fully saturated rings. The Kier molecular flexibility index (Phi) is 7.61. The number of unbranched alkanes of at least 4 members (excludes halogenated alkanes) is 5. The van der Waals surface area contributed by atoms with Crippen molar-refractivity contribution in [2.24, 2.45) is 0 Å². The van der Waals surface area contributed by atoms with Gasteiger partial charge in [-0.05, 0) is 18.6 Å². The van der Waals surface area contributed by atoms with Crippen molar-refractivity contribution < 1.29 is 13.7 Å². The van der Waals surface area contributed by atoms with Gasteiger partial charge in [0.05, 0.1) is 17.4 Å². The second-order valence-corrected chi connectivity index (χ2v) is 7.89. The van der Waals surface area contributed by atoms with Gasteiger partial charge in [0.25, 0.3) is 0 Å². The van der Waals surface area contributed by atoms with E-state index in [0.29, 0.717) is 16.5 Å². The minimum absolute atomic E-state index is 0.143. The lowest BCUT2D eigenvalue weighted by Crippen LogP contribution is -2.14. The summed E-state index contributed by atoms with van der Waals surface area (Å²) >= 11 is 1.26. The standard InChI is InChI=1S/C16H22N2O3S2/c1-2-3-4-5-6-7-11-21-14(19)12-23(20)16-18-13-9-8-10-17-15(13)22-16/h8-10H,2-7,11-12H2,1H3. The second-order valence-electron chi connectivity index (χ2n) is 5.29. The number of rotatable bonds is 10. The molecule has 0 aliphatic rings. The molecule has 1 atom stereocenters. The highest BCUT2D eigenvalue weighted by Crippen LogP contribution is 2.22. The predicted molar refractivity (Wildman–Crippen MR) is 93.0 cm³/mol. The molecule has 2 rings (SSSR count). The molecule has 0 bridgehead atoms. The first-order chi connectivity index (χ1) is 11.2. The van der Waals surface area contributed by atoms with Crippen LogP contribution >= 0.6 is 11.3 Å². The lowest BCUT2D eigenvalue weighted by atomic mass is 10.1. The van der Waals surface area contributed by atoms with Crippen LogP contribution < -0.4 is 0 Å². The van der Waals surface area contributed by atoms with Crippen LogP contribution in [0, 0.1) is 0 Å². The SMILES string of the molecule is CCCCCCCCOC(=O)CS(=O)c1nc2cccnc2s1. The summed E-state index contributed by atoms with van der Waals surface area (Å²) < 4.78 is 17.7. The number of esters is 1. The third-order valence-electron chi connectivity index (χ3n) is 3.35. The van der Waals surface area contributed by atoms with E-state index in [9.17, 15) is 9.00 Å². The van der Waals surface area contributed by atoms with Gasteiger partial charge >= 0.3 is 5.97 Å². The molecule has 0 aliphatic heterocycles. The lowest BCUT2D eigenvalue weighted by molar-refractivity contribution is -0.140. The molecular formula is C16H22N2O3S2. The lowest BCUT2D eigenvalue weighted by Gasteiger charge is -2.04. The van der Waals surface area contributed by atoms with Gasteiger partial charge in [-0.2, -0.15) is 0 Å². The quantitative estimate of drug-likeness (QED) is 0.480. The maximum Gasteiger partial charge on any atom is 0.319 e. The monoisotopic (exact) mass is 354 g/mol. The summed E-state index contributed by atoms with van der Waals surface area (Å²) in [5, 5.41) is 0. The largest absolute Gasteiger partial charge is 0.465 e. The fourth-order valence-corrected chi connectivity index (χ4v) is 4.17. The summed E-state index contributed by atoms with van der Waals surface area (Å²) in [5.41, 5.74) is 0.710. The first-order valence-corrected chi connectivity index (χ1v) is 10.1. The molecule has 0 saturated carbocycles. The van der Waals surface area contributed by atoms with Gasteiger partial charge < -0.3 is 4.74 Å². The number of ether oxygens (including phenoxy) is 1. The first-order valence-electron chi connectivity index (χ1n) is 7.96. The van der Waals surface area contributed by atoms with Gasteiger partial charge in [-0.15, -0.1) is 0 Å². The summed E-state index contributed by atoms with van der Waals surface area (Å²) in [7, 11) is -1.46. The number of pyridine rings is 1. The van der Waals surface area contributed by atoms with Gasteiger partial charge in [0.1, 0.15) is 16.1 Å². The molecule has 5 nitrogen and oxygen atoms in total. The van der Waals surface area contributed by atoms with Gasteiger partial charge in [0, 0.05) is 6.20 Å². The Morgan fingerprint density at radius 1 is 1.26 bits per heavy atom. The van der Waals surface area contributed by atoms with Crippen LogP contribution in [-0.4, -0.2) is 32.5 Å². The maximum atomic E-state index is 12.2. The number of carbonyl (C=O) groups excluding carboxylic acids is 1. The Morgan fingerprint density at radius 2 is 2.04 bits per heavy atom. The van der Waals surface area contributed by atoms with Gasteiger partial charge in [-0.1, -0.05) is 50.4 Å². The Hall–Kier alpha value is -1.34. The average Bonchev–Trinajstić information content (AvgIpc) is 2.98. The smallest absolute Gasteiger partial charge is 0.319 e. The zero-order chi connectivity index (χ0) is 16.5. The number of carbonyl (C=O) groups is 1. The third-order valence-corrected chi connectivity index (χ3v) is 5.91.